The molecule has 0 aromatic rings. The molecule has 2 unspecified atom stereocenters. The lowest BCUT2D eigenvalue weighted by atomic mass is 9.61. The SMILES string of the molecule is C=C1C(=O)C(CC)(C2CC2)C(=O)CC1(O)C(=O)O. The molecule has 5 nitrogen and oxygen atoms in total. The molecule has 0 radical (unpaired) electrons. The highest BCUT2D eigenvalue weighted by molar-refractivity contribution is 6.22. The fourth-order valence-corrected chi connectivity index (χ4v) is 2.92. The number of hydrogen-bond donors (Lipinski definition) is 2. The van der Waals surface area contributed by atoms with Crippen molar-refractivity contribution in [1.82, 2.24) is 0 Å². The minimum atomic E-state index is -2.43. The lowest BCUT2D eigenvalue weighted by Crippen LogP contribution is -2.57. The summed E-state index contributed by atoms with van der Waals surface area (Å²) in [4.78, 5) is 35.6. The maximum absolute atomic E-state index is 12.3. The summed E-state index contributed by atoms with van der Waals surface area (Å²) in [5, 5.41) is 18.9. The van der Waals surface area contributed by atoms with E-state index in [4.69, 9.17) is 5.11 Å². The molecule has 0 spiro atoms. The van der Waals surface area contributed by atoms with Crippen LogP contribution in [0, 0.1) is 11.3 Å². The Balaban J connectivity index is 2.47. The summed E-state index contributed by atoms with van der Waals surface area (Å²) < 4.78 is 0. The molecule has 0 bridgehead atoms. The van der Waals surface area contributed by atoms with Crippen molar-refractivity contribution in [2.45, 2.75) is 38.2 Å². The van der Waals surface area contributed by atoms with E-state index in [-0.39, 0.29) is 11.5 Å². The number of Topliss-reactive ketones (excluding diaryl/α,β-unsaturated/α-hetero) is 2. The van der Waals surface area contributed by atoms with Gasteiger partial charge in [-0.15, -0.1) is 0 Å². The number of carboxylic acid groups (broad SMARTS) is 1. The summed E-state index contributed by atoms with van der Waals surface area (Å²) in [6, 6.07) is 0. The van der Waals surface area contributed by atoms with Gasteiger partial charge in [0.25, 0.3) is 0 Å². The summed E-state index contributed by atoms with van der Waals surface area (Å²) in [5.74, 6) is -2.66. The third kappa shape index (κ3) is 1.40. The standard InChI is InChI=1S/C13H16O5/c1-3-12(8-4-5-8)9(14)6-13(18,11(16)17)7(2)10(12)15/h8,18H,2-6H2,1H3,(H,16,17). The van der Waals surface area contributed by atoms with Crippen molar-refractivity contribution in [1.29, 1.82) is 0 Å². The Labute approximate surface area is 104 Å². The first-order valence-electron chi connectivity index (χ1n) is 6.04. The highest BCUT2D eigenvalue weighted by atomic mass is 16.4. The van der Waals surface area contributed by atoms with E-state index >= 15 is 0 Å². The number of ketones is 2. The molecule has 0 amide bonds. The van der Waals surface area contributed by atoms with Crippen molar-refractivity contribution in [2.24, 2.45) is 11.3 Å². The summed E-state index contributed by atoms with van der Waals surface area (Å²) in [6.07, 6.45) is 1.37. The van der Waals surface area contributed by atoms with E-state index in [9.17, 15) is 19.5 Å². The van der Waals surface area contributed by atoms with Gasteiger partial charge in [-0.3, -0.25) is 9.59 Å². The van der Waals surface area contributed by atoms with Crippen LogP contribution in [0.3, 0.4) is 0 Å². The number of carbonyl (C=O) groups excluding carboxylic acids is 2. The molecule has 2 fully saturated rings. The first-order valence-corrected chi connectivity index (χ1v) is 6.04. The Morgan fingerprint density at radius 3 is 2.39 bits per heavy atom. The molecule has 0 aliphatic heterocycles. The zero-order valence-corrected chi connectivity index (χ0v) is 10.2. The van der Waals surface area contributed by atoms with Gasteiger partial charge in [-0.2, -0.15) is 0 Å². The zero-order valence-electron chi connectivity index (χ0n) is 10.2. The third-order valence-corrected chi connectivity index (χ3v) is 4.28. The first kappa shape index (κ1) is 13.0. The lowest BCUT2D eigenvalue weighted by Gasteiger charge is -2.40. The Morgan fingerprint density at radius 1 is 1.44 bits per heavy atom. The molecule has 2 rings (SSSR count). The van der Waals surface area contributed by atoms with Crippen molar-refractivity contribution >= 4 is 17.5 Å². The fraction of sp³-hybridized carbons (Fsp3) is 0.615. The van der Waals surface area contributed by atoms with Crippen LogP contribution in [-0.2, 0) is 14.4 Å². The number of aliphatic carboxylic acids is 1. The van der Waals surface area contributed by atoms with Gasteiger partial charge in [0.05, 0.1) is 11.8 Å². The van der Waals surface area contributed by atoms with Gasteiger partial charge < -0.3 is 10.2 Å². The number of aliphatic hydroxyl groups is 1. The van der Waals surface area contributed by atoms with Crippen LogP contribution in [0.5, 0.6) is 0 Å². The largest absolute Gasteiger partial charge is 0.479 e. The molecule has 0 heterocycles. The third-order valence-electron chi connectivity index (χ3n) is 4.28. The molecule has 98 valence electrons. The van der Waals surface area contributed by atoms with Crippen molar-refractivity contribution in [2.75, 3.05) is 0 Å². The first-order chi connectivity index (χ1) is 8.30. The van der Waals surface area contributed by atoms with Crippen LogP contribution in [0.25, 0.3) is 0 Å². The van der Waals surface area contributed by atoms with E-state index in [0.717, 1.165) is 12.8 Å². The lowest BCUT2D eigenvalue weighted by molar-refractivity contribution is -0.166. The normalized spacial score (nSPS) is 36.9. The minimum absolute atomic E-state index is 0.0161. The van der Waals surface area contributed by atoms with Crippen LogP contribution < -0.4 is 0 Å². The molecule has 2 aliphatic rings. The quantitative estimate of drug-likeness (QED) is 0.570. The van der Waals surface area contributed by atoms with Gasteiger partial charge in [0.15, 0.2) is 17.2 Å². The molecule has 5 heteroatoms. The van der Waals surface area contributed by atoms with Crippen LogP contribution in [0.2, 0.25) is 0 Å². The Kier molecular flexibility index (Phi) is 2.70. The van der Waals surface area contributed by atoms with Crippen molar-refractivity contribution in [3.05, 3.63) is 12.2 Å². The number of rotatable bonds is 3. The molecule has 18 heavy (non-hydrogen) atoms. The van der Waals surface area contributed by atoms with Gasteiger partial charge in [-0.05, 0) is 25.2 Å². The minimum Gasteiger partial charge on any atom is -0.479 e. The average molecular weight is 252 g/mol. The van der Waals surface area contributed by atoms with Crippen molar-refractivity contribution in [3.63, 3.8) is 0 Å². The number of carbonyl (C=O) groups is 3. The highest BCUT2D eigenvalue weighted by Gasteiger charge is 2.63. The Bertz CT molecular complexity index is 462. The predicted molar refractivity (Wildman–Crippen MR) is 61.8 cm³/mol. The molecule has 0 saturated heterocycles. The summed E-state index contributed by atoms with van der Waals surface area (Å²) in [5.41, 5.74) is -3.93. The molecular formula is C13H16O5. The summed E-state index contributed by atoms with van der Waals surface area (Å²) >= 11 is 0. The molecule has 2 N–H and O–H groups in total. The maximum atomic E-state index is 12.3. The summed E-state index contributed by atoms with van der Waals surface area (Å²) in [6.45, 7) is 5.17. The second kappa shape index (κ2) is 3.75. The van der Waals surface area contributed by atoms with Gasteiger partial charge in [-0.1, -0.05) is 13.5 Å². The summed E-state index contributed by atoms with van der Waals surface area (Å²) in [7, 11) is 0. The second-order valence-corrected chi connectivity index (χ2v) is 5.17. The van der Waals surface area contributed by atoms with Gasteiger partial charge in [-0.25, -0.2) is 4.79 Å². The van der Waals surface area contributed by atoms with E-state index in [1.54, 1.807) is 6.92 Å². The molecule has 2 saturated carbocycles. The molecule has 0 aromatic heterocycles. The van der Waals surface area contributed by atoms with E-state index in [2.05, 4.69) is 6.58 Å². The Hall–Kier alpha value is -1.49. The van der Waals surface area contributed by atoms with Gasteiger partial charge >= 0.3 is 5.97 Å². The van der Waals surface area contributed by atoms with Crippen LogP contribution in [0.1, 0.15) is 32.6 Å². The fourth-order valence-electron chi connectivity index (χ4n) is 2.92. The van der Waals surface area contributed by atoms with E-state index < -0.39 is 35.0 Å². The highest BCUT2D eigenvalue weighted by Crippen LogP contribution is 2.54. The zero-order chi connectivity index (χ0) is 13.7. The van der Waals surface area contributed by atoms with Crippen LogP contribution >= 0.6 is 0 Å². The number of hydrogen-bond acceptors (Lipinski definition) is 4. The van der Waals surface area contributed by atoms with Crippen LogP contribution in [-0.4, -0.2) is 33.3 Å². The molecule has 2 aliphatic carbocycles. The van der Waals surface area contributed by atoms with Crippen LogP contribution in [0.15, 0.2) is 12.2 Å². The van der Waals surface area contributed by atoms with Crippen molar-refractivity contribution < 1.29 is 24.6 Å². The maximum Gasteiger partial charge on any atom is 0.340 e. The van der Waals surface area contributed by atoms with E-state index in [1.807, 2.05) is 0 Å². The predicted octanol–water partition coefficient (Wildman–Crippen LogP) is 0.707. The number of carboxylic acids is 1. The second-order valence-electron chi connectivity index (χ2n) is 5.17. The smallest absolute Gasteiger partial charge is 0.340 e. The van der Waals surface area contributed by atoms with E-state index in [0.29, 0.717) is 6.42 Å². The van der Waals surface area contributed by atoms with Gasteiger partial charge in [0.2, 0.25) is 0 Å². The van der Waals surface area contributed by atoms with Gasteiger partial charge in [0, 0.05) is 5.57 Å². The van der Waals surface area contributed by atoms with Crippen LogP contribution in [0.4, 0.5) is 0 Å². The molecule has 2 atom stereocenters. The molecular weight excluding hydrogens is 236 g/mol. The van der Waals surface area contributed by atoms with Crippen molar-refractivity contribution in [3.8, 4) is 0 Å². The topological polar surface area (TPSA) is 91.7 Å². The average Bonchev–Trinajstić information content (AvgIpc) is 3.12. The van der Waals surface area contributed by atoms with E-state index in [1.165, 1.54) is 0 Å². The molecule has 0 aromatic carbocycles. The monoisotopic (exact) mass is 252 g/mol. The van der Waals surface area contributed by atoms with Gasteiger partial charge in [0.1, 0.15) is 0 Å². The Morgan fingerprint density at radius 2 is 2.00 bits per heavy atom.